The van der Waals surface area contributed by atoms with Crippen LogP contribution in [-0.2, 0) is 46.0 Å². The van der Waals surface area contributed by atoms with E-state index in [0.717, 1.165) is 11.4 Å². The second-order valence-corrected chi connectivity index (χ2v) is 18.9. The number of likely N-dealkylation sites (tertiary alicyclic amines) is 2. The second-order valence-electron chi connectivity index (χ2n) is 18.9. The Kier molecular flexibility index (Phi) is 14.4. The summed E-state index contributed by atoms with van der Waals surface area (Å²) >= 11 is 0. The third-order valence-electron chi connectivity index (χ3n) is 13.5. The topological polar surface area (TPSA) is 352 Å². The first-order chi connectivity index (χ1) is 35.8. The molecule has 0 saturated carbocycles. The second kappa shape index (κ2) is 21.3. The average Bonchev–Trinajstić information content (AvgIpc) is 4.26. The third-order valence-corrected chi connectivity index (χ3v) is 13.5. The predicted octanol–water partition coefficient (Wildman–Crippen LogP) is -1.95. The molecular formula is C45H62N20O9. The van der Waals surface area contributed by atoms with Gasteiger partial charge in [-0.1, -0.05) is 0 Å². The molecule has 0 aromatic carbocycles. The molecule has 0 spiro atoms. The maximum atomic E-state index is 14.2. The van der Waals surface area contributed by atoms with Gasteiger partial charge in [0.15, 0.2) is 58.6 Å². The summed E-state index contributed by atoms with van der Waals surface area (Å²) in [6.45, 7) is 6.63. The smallest absolute Gasteiger partial charge is 0.320 e. The van der Waals surface area contributed by atoms with Crippen molar-refractivity contribution in [3.63, 3.8) is 0 Å². The Morgan fingerprint density at radius 1 is 0.608 bits per heavy atom. The first-order valence-electron chi connectivity index (χ1n) is 24.8. The molecule has 4 saturated heterocycles. The number of nitrogens with zero attached hydrogens (tertiary/aromatic N) is 14. The van der Waals surface area contributed by atoms with Crippen LogP contribution in [-0.4, -0.2) is 207 Å². The molecule has 6 aromatic heterocycles. The fourth-order valence-electron chi connectivity index (χ4n) is 9.81. The van der Waals surface area contributed by atoms with Gasteiger partial charge in [-0.3, -0.25) is 18.7 Å². The van der Waals surface area contributed by atoms with Gasteiger partial charge in [0.05, 0.1) is 36.7 Å². The third kappa shape index (κ3) is 10.2. The summed E-state index contributed by atoms with van der Waals surface area (Å²) in [5, 5.41) is 62.6. The Balaban J connectivity index is 0.828. The van der Waals surface area contributed by atoms with Gasteiger partial charge in [-0.2, -0.15) is 19.9 Å². The molecule has 0 unspecified atom stereocenters. The molecule has 4 fully saturated rings. The van der Waals surface area contributed by atoms with E-state index in [1.165, 1.54) is 21.8 Å². The van der Waals surface area contributed by atoms with E-state index >= 15 is 0 Å². The largest absolute Gasteiger partial charge is 0.387 e. The predicted molar refractivity (Wildman–Crippen MR) is 263 cm³/mol. The van der Waals surface area contributed by atoms with Crippen molar-refractivity contribution in [1.82, 2.24) is 78.6 Å². The fourth-order valence-corrected chi connectivity index (χ4v) is 9.81. The van der Waals surface area contributed by atoms with Gasteiger partial charge in [-0.25, -0.2) is 24.7 Å². The minimum absolute atomic E-state index is 0.137. The molecule has 0 aliphatic carbocycles. The van der Waals surface area contributed by atoms with Crippen molar-refractivity contribution in [2.45, 2.75) is 101 Å². The number of aliphatic hydroxyl groups excluding tert-OH is 4. The molecule has 10 heterocycles. The SMILES string of the molecule is CCNC(=O)[C@H]1O[C@@H](n2cnc3c(N[C@@H]4CCN(C(=O)N5CC[C@@H](Nc6nc(NCCc7cn(C)cn7)nc7c6ncn7[C@@H]6O[C@H](C(=O)NCC)[C@@H](O)[C@H]6O)C5)C4)nc(NCCc4cn(C)cn4)nc32)[C@H](O)[C@@H]1O. The quantitative estimate of drug-likeness (QED) is 0.0447. The van der Waals surface area contributed by atoms with E-state index in [1.807, 2.05) is 35.6 Å². The maximum Gasteiger partial charge on any atom is 0.320 e. The van der Waals surface area contributed by atoms with Gasteiger partial charge in [-0.05, 0) is 26.7 Å². The maximum absolute atomic E-state index is 14.2. The van der Waals surface area contributed by atoms with Crippen molar-refractivity contribution in [1.29, 1.82) is 0 Å². The number of aliphatic hydroxyl groups is 4. The molecule has 29 heteroatoms. The average molecular weight is 1030 g/mol. The van der Waals surface area contributed by atoms with Crippen LogP contribution in [0.15, 0.2) is 37.7 Å². The van der Waals surface area contributed by atoms with Crippen molar-refractivity contribution in [2.24, 2.45) is 14.1 Å². The Bertz CT molecular complexity index is 2780. The number of hydrogen-bond acceptors (Lipinski definition) is 21. The van der Waals surface area contributed by atoms with Crippen LogP contribution >= 0.6 is 0 Å². The van der Waals surface area contributed by atoms with Gasteiger partial charge in [0.1, 0.15) is 24.4 Å². The summed E-state index contributed by atoms with van der Waals surface area (Å²) in [5.74, 6) is 0.150. The van der Waals surface area contributed by atoms with Crippen molar-refractivity contribution in [3.8, 4) is 0 Å². The number of hydrogen-bond donors (Lipinski definition) is 10. The van der Waals surface area contributed by atoms with Crippen LogP contribution in [0.5, 0.6) is 0 Å². The monoisotopic (exact) mass is 1030 g/mol. The van der Waals surface area contributed by atoms with Crippen LogP contribution in [0.1, 0.15) is 50.5 Å². The van der Waals surface area contributed by atoms with E-state index in [-0.39, 0.29) is 41.3 Å². The van der Waals surface area contributed by atoms with Crippen molar-refractivity contribution in [2.75, 3.05) is 73.6 Å². The van der Waals surface area contributed by atoms with Crippen LogP contribution in [0, 0.1) is 0 Å². The number of aryl methyl sites for hydroxylation is 2. The zero-order chi connectivity index (χ0) is 51.8. The van der Waals surface area contributed by atoms with Gasteiger partial charge >= 0.3 is 6.03 Å². The Hall–Kier alpha value is -7.31. The molecule has 74 heavy (non-hydrogen) atoms. The van der Waals surface area contributed by atoms with E-state index in [1.54, 1.807) is 36.3 Å². The lowest BCUT2D eigenvalue weighted by molar-refractivity contribution is -0.138. The van der Waals surface area contributed by atoms with E-state index in [0.29, 0.717) is 101 Å². The normalized spacial score (nSPS) is 25.8. The highest BCUT2D eigenvalue weighted by Crippen LogP contribution is 2.36. The molecule has 4 aliphatic heterocycles. The number of anilines is 4. The van der Waals surface area contributed by atoms with Crippen LogP contribution in [0.3, 0.4) is 0 Å². The van der Waals surface area contributed by atoms with Crippen LogP contribution in [0.4, 0.5) is 28.3 Å². The first kappa shape index (κ1) is 50.2. The molecule has 10 N–H and O–H groups in total. The highest BCUT2D eigenvalue weighted by Gasteiger charge is 2.49. The number of imidazole rings is 4. The number of amides is 4. The molecule has 4 aliphatic rings. The molecule has 29 nitrogen and oxygen atoms in total. The van der Waals surface area contributed by atoms with Gasteiger partial charge in [-0.15, -0.1) is 0 Å². The number of nitrogens with one attached hydrogen (secondary N) is 6. The van der Waals surface area contributed by atoms with Crippen molar-refractivity contribution < 1.29 is 44.3 Å². The van der Waals surface area contributed by atoms with Gasteiger partial charge < -0.3 is 80.7 Å². The zero-order valence-corrected chi connectivity index (χ0v) is 41.3. The van der Waals surface area contributed by atoms with E-state index in [9.17, 15) is 34.8 Å². The van der Waals surface area contributed by atoms with Gasteiger partial charge in [0, 0.05) is 104 Å². The van der Waals surface area contributed by atoms with Gasteiger partial charge in [0.2, 0.25) is 11.9 Å². The molecule has 4 amide bonds. The van der Waals surface area contributed by atoms with Gasteiger partial charge in [0.25, 0.3) is 11.8 Å². The molecule has 10 rings (SSSR count). The molecule has 10 atom stereocenters. The first-order valence-corrected chi connectivity index (χ1v) is 24.8. The number of ether oxygens (including phenoxy) is 2. The lowest BCUT2D eigenvalue weighted by Crippen LogP contribution is -2.42. The summed E-state index contributed by atoms with van der Waals surface area (Å²) in [5.41, 5.74) is 3.02. The number of aromatic nitrogens is 12. The lowest BCUT2D eigenvalue weighted by Gasteiger charge is -2.25. The number of fused-ring (bicyclic) bond motifs is 2. The molecule has 396 valence electrons. The highest BCUT2D eigenvalue weighted by atomic mass is 16.6. The summed E-state index contributed by atoms with van der Waals surface area (Å²) in [6, 6.07) is -0.600. The van der Waals surface area contributed by atoms with Crippen molar-refractivity contribution in [3.05, 3.63) is 49.1 Å². The van der Waals surface area contributed by atoms with Crippen LogP contribution in [0.25, 0.3) is 22.3 Å². The van der Waals surface area contributed by atoms with Crippen molar-refractivity contribution >= 4 is 63.7 Å². The highest BCUT2D eigenvalue weighted by molar-refractivity contribution is 5.86. The fraction of sp³-hybridized carbons (Fsp3) is 0.578. The van der Waals surface area contributed by atoms with Crippen LogP contribution < -0.4 is 31.9 Å². The summed E-state index contributed by atoms with van der Waals surface area (Å²) < 4.78 is 18.5. The summed E-state index contributed by atoms with van der Waals surface area (Å²) in [6.07, 6.45) is 1.54. The minimum atomic E-state index is -1.50. The molecular weight excluding hydrogens is 965 g/mol. The Morgan fingerprint density at radius 2 is 1.04 bits per heavy atom. The number of rotatable bonds is 18. The number of carbonyl (C=O) groups excluding carboxylic acids is 3. The van der Waals surface area contributed by atoms with E-state index in [2.05, 4.69) is 51.8 Å². The molecule has 0 radical (unpaired) electrons. The van der Waals surface area contributed by atoms with Crippen LogP contribution in [0.2, 0.25) is 0 Å². The zero-order valence-electron chi connectivity index (χ0n) is 41.3. The molecule has 0 bridgehead atoms. The number of urea groups is 1. The summed E-state index contributed by atoms with van der Waals surface area (Å²) in [4.78, 5) is 80.3. The Morgan fingerprint density at radius 3 is 1.43 bits per heavy atom. The minimum Gasteiger partial charge on any atom is -0.387 e. The number of carbonyl (C=O) groups is 3. The lowest BCUT2D eigenvalue weighted by atomic mass is 10.1. The summed E-state index contributed by atoms with van der Waals surface area (Å²) in [7, 11) is 3.79. The number of likely N-dealkylation sites (N-methyl/N-ethyl adjacent to an activating group) is 2. The molecule has 6 aromatic rings. The van der Waals surface area contributed by atoms with E-state index < -0.39 is 60.9 Å². The van der Waals surface area contributed by atoms with E-state index in [4.69, 9.17) is 29.4 Å². The standard InChI is InChI=1S/C45H62N20O9/c1-5-46-39(70)33-29(66)31(68)41(73-33)64-21-52-27-35(56-43(58-37(27)64)48-11-7-23-15-60(3)19-50-23)54-25-9-13-62(17-25)45(72)63-14-10-26(18-63)55-36-28-38(59-44(57-36)49-12-8-24-16-61(4)20-51-24)65(22-53-28)42-32(69)30(67)34(74-42)40(71)47-6-2/h15-16,19-22,25-26,29-34,41-42,66-69H,5-14,17-18H2,1-4H3,(H,46,70)(H,47,71)(H2,48,54,56,58)(H2,49,55,57,59)/t25-,26-,29+,30+,31-,32-,33+,34+,41-,42-/m1/s1. The Labute approximate surface area is 423 Å².